The third-order valence-electron chi connectivity index (χ3n) is 3.00. The van der Waals surface area contributed by atoms with Crippen molar-refractivity contribution in [3.63, 3.8) is 0 Å². The van der Waals surface area contributed by atoms with Crippen LogP contribution in [0, 0.1) is 0 Å². The molecule has 1 aromatic carbocycles. The summed E-state index contributed by atoms with van der Waals surface area (Å²) >= 11 is 0. The van der Waals surface area contributed by atoms with Crippen LogP contribution in [0.3, 0.4) is 0 Å². The highest BCUT2D eigenvalue weighted by molar-refractivity contribution is 5.88. The fraction of sp³-hybridized carbons (Fsp3) is 0.429. The van der Waals surface area contributed by atoms with Crippen LogP contribution in [0.5, 0.6) is 0 Å². The Labute approximate surface area is 96.9 Å². The van der Waals surface area contributed by atoms with Crippen molar-refractivity contribution in [3.8, 4) is 0 Å². The van der Waals surface area contributed by atoms with Gasteiger partial charge in [0.05, 0.1) is 0 Å². The molecule has 0 radical (unpaired) electrons. The summed E-state index contributed by atoms with van der Waals surface area (Å²) in [4.78, 5) is 3.49. The summed E-state index contributed by atoms with van der Waals surface area (Å²) in [6.07, 6.45) is 1.03. The summed E-state index contributed by atoms with van der Waals surface area (Å²) in [7, 11) is 0. The van der Waals surface area contributed by atoms with E-state index in [1.165, 1.54) is 22.2 Å². The molecule has 2 heteroatoms. The number of rotatable bonds is 1. The number of hydrogen-bond donors (Lipinski definition) is 2. The Morgan fingerprint density at radius 1 is 1.25 bits per heavy atom. The number of hydrogen-bond acceptors (Lipinski definition) is 1. The largest absolute Gasteiger partial charge is 0.399 e. The lowest BCUT2D eigenvalue weighted by Gasteiger charge is -2.20. The van der Waals surface area contributed by atoms with E-state index >= 15 is 0 Å². The molecule has 0 aliphatic heterocycles. The molecule has 2 aromatic rings. The van der Waals surface area contributed by atoms with Crippen molar-refractivity contribution in [2.24, 2.45) is 0 Å². The highest BCUT2D eigenvalue weighted by atomic mass is 14.7. The van der Waals surface area contributed by atoms with Gasteiger partial charge in [0.2, 0.25) is 0 Å². The standard InChI is InChI=1S/C14H20N2/c1-5-11-13(14(2,3)4)10-8-9(15)6-7-12(10)16-11/h6-8,16H,5,15H2,1-4H3. The lowest BCUT2D eigenvalue weighted by atomic mass is 9.84. The molecule has 2 rings (SSSR count). The van der Waals surface area contributed by atoms with Gasteiger partial charge in [-0.3, -0.25) is 0 Å². The van der Waals surface area contributed by atoms with Crippen LogP contribution in [-0.2, 0) is 11.8 Å². The van der Waals surface area contributed by atoms with Crippen LogP contribution in [0.2, 0.25) is 0 Å². The van der Waals surface area contributed by atoms with Crippen molar-refractivity contribution < 1.29 is 0 Å². The molecule has 2 nitrogen and oxygen atoms in total. The molecule has 86 valence electrons. The number of nitrogens with two attached hydrogens (primary N) is 1. The first-order valence-corrected chi connectivity index (χ1v) is 5.84. The van der Waals surface area contributed by atoms with Gasteiger partial charge in [-0.1, -0.05) is 27.7 Å². The summed E-state index contributed by atoms with van der Waals surface area (Å²) in [5.74, 6) is 0. The Morgan fingerprint density at radius 3 is 2.50 bits per heavy atom. The lowest BCUT2D eigenvalue weighted by Crippen LogP contribution is -2.13. The van der Waals surface area contributed by atoms with Crippen LogP contribution >= 0.6 is 0 Å². The molecule has 0 atom stereocenters. The molecule has 0 spiro atoms. The van der Waals surface area contributed by atoms with Gasteiger partial charge in [0.1, 0.15) is 0 Å². The van der Waals surface area contributed by atoms with Gasteiger partial charge in [0, 0.05) is 22.3 Å². The SMILES string of the molecule is CCc1[nH]c2ccc(N)cc2c1C(C)(C)C. The van der Waals surface area contributed by atoms with Crippen LogP contribution in [0.25, 0.3) is 10.9 Å². The molecule has 0 aliphatic rings. The Hall–Kier alpha value is -1.44. The second-order valence-corrected chi connectivity index (χ2v) is 5.39. The zero-order chi connectivity index (χ0) is 11.9. The highest BCUT2D eigenvalue weighted by Crippen LogP contribution is 2.34. The van der Waals surface area contributed by atoms with Gasteiger partial charge in [-0.15, -0.1) is 0 Å². The minimum Gasteiger partial charge on any atom is -0.399 e. The van der Waals surface area contributed by atoms with E-state index in [4.69, 9.17) is 5.73 Å². The zero-order valence-electron chi connectivity index (χ0n) is 10.5. The first-order valence-electron chi connectivity index (χ1n) is 5.84. The number of aryl methyl sites for hydroxylation is 1. The molecule has 0 aliphatic carbocycles. The molecule has 1 aromatic heterocycles. The van der Waals surface area contributed by atoms with Crippen LogP contribution in [-0.4, -0.2) is 4.98 Å². The minimum absolute atomic E-state index is 0.150. The Kier molecular flexibility index (Phi) is 2.45. The third-order valence-corrected chi connectivity index (χ3v) is 3.00. The van der Waals surface area contributed by atoms with Crippen molar-refractivity contribution >= 4 is 16.6 Å². The molecule has 0 amide bonds. The molecule has 0 unspecified atom stereocenters. The topological polar surface area (TPSA) is 41.8 Å². The van der Waals surface area contributed by atoms with Crippen LogP contribution in [0.4, 0.5) is 5.69 Å². The maximum Gasteiger partial charge on any atom is 0.0460 e. The molecule has 0 bridgehead atoms. The van der Waals surface area contributed by atoms with Gasteiger partial charge in [0.25, 0.3) is 0 Å². The van der Waals surface area contributed by atoms with Gasteiger partial charge in [-0.05, 0) is 35.6 Å². The molecule has 0 saturated carbocycles. The smallest absolute Gasteiger partial charge is 0.0460 e. The summed E-state index contributed by atoms with van der Waals surface area (Å²) in [6, 6.07) is 6.09. The lowest BCUT2D eigenvalue weighted by molar-refractivity contribution is 0.588. The van der Waals surface area contributed by atoms with Crippen molar-refractivity contribution in [3.05, 3.63) is 29.5 Å². The third kappa shape index (κ3) is 1.69. The van der Waals surface area contributed by atoms with Gasteiger partial charge >= 0.3 is 0 Å². The van der Waals surface area contributed by atoms with Crippen molar-refractivity contribution in [1.82, 2.24) is 4.98 Å². The first-order chi connectivity index (χ1) is 7.43. The average molecular weight is 216 g/mol. The molecular weight excluding hydrogens is 196 g/mol. The van der Waals surface area contributed by atoms with E-state index in [0.717, 1.165) is 12.1 Å². The quantitative estimate of drug-likeness (QED) is 0.702. The summed E-state index contributed by atoms with van der Waals surface area (Å²) in [5, 5.41) is 1.27. The molecular formula is C14H20N2. The summed E-state index contributed by atoms with van der Waals surface area (Å²) in [5.41, 5.74) is 10.8. The van der Waals surface area contributed by atoms with E-state index < -0.39 is 0 Å². The molecule has 3 N–H and O–H groups in total. The van der Waals surface area contributed by atoms with Crippen molar-refractivity contribution in [2.75, 3.05) is 5.73 Å². The molecule has 16 heavy (non-hydrogen) atoms. The van der Waals surface area contributed by atoms with Crippen LogP contribution < -0.4 is 5.73 Å². The number of anilines is 1. The average Bonchev–Trinajstić information content (AvgIpc) is 2.54. The van der Waals surface area contributed by atoms with E-state index in [1.54, 1.807) is 0 Å². The Bertz CT molecular complexity index is 515. The number of aromatic amines is 1. The van der Waals surface area contributed by atoms with Crippen LogP contribution in [0.15, 0.2) is 18.2 Å². The number of aromatic nitrogens is 1. The molecule has 1 heterocycles. The second kappa shape index (κ2) is 3.55. The number of nitrogens with one attached hydrogen (secondary N) is 1. The highest BCUT2D eigenvalue weighted by Gasteiger charge is 2.22. The second-order valence-electron chi connectivity index (χ2n) is 5.39. The maximum atomic E-state index is 5.87. The van der Waals surface area contributed by atoms with Crippen molar-refractivity contribution in [2.45, 2.75) is 39.5 Å². The van der Waals surface area contributed by atoms with Crippen molar-refractivity contribution in [1.29, 1.82) is 0 Å². The van der Waals surface area contributed by atoms with Gasteiger partial charge in [-0.2, -0.15) is 0 Å². The maximum absolute atomic E-state index is 5.87. The normalized spacial score (nSPS) is 12.2. The zero-order valence-corrected chi connectivity index (χ0v) is 10.5. The van der Waals surface area contributed by atoms with E-state index in [1.807, 2.05) is 6.07 Å². The number of fused-ring (bicyclic) bond motifs is 1. The Morgan fingerprint density at radius 2 is 1.94 bits per heavy atom. The van der Waals surface area contributed by atoms with Gasteiger partial charge in [-0.25, -0.2) is 0 Å². The number of H-pyrrole nitrogens is 1. The van der Waals surface area contributed by atoms with Gasteiger partial charge < -0.3 is 10.7 Å². The predicted molar refractivity (Wildman–Crippen MR) is 70.8 cm³/mol. The van der Waals surface area contributed by atoms with E-state index in [9.17, 15) is 0 Å². The fourth-order valence-electron chi connectivity index (χ4n) is 2.39. The summed E-state index contributed by atoms with van der Waals surface area (Å²) < 4.78 is 0. The molecule has 0 saturated heterocycles. The first kappa shape index (κ1) is 11.1. The van der Waals surface area contributed by atoms with Gasteiger partial charge in [0.15, 0.2) is 0 Å². The fourth-order valence-corrected chi connectivity index (χ4v) is 2.39. The van der Waals surface area contributed by atoms with E-state index in [-0.39, 0.29) is 5.41 Å². The number of nitrogen functional groups attached to an aromatic ring is 1. The predicted octanol–water partition coefficient (Wildman–Crippen LogP) is 3.61. The number of benzene rings is 1. The van der Waals surface area contributed by atoms with E-state index in [0.29, 0.717) is 0 Å². The summed E-state index contributed by atoms with van der Waals surface area (Å²) in [6.45, 7) is 8.93. The Balaban J connectivity index is 2.81. The van der Waals surface area contributed by atoms with E-state index in [2.05, 4.69) is 44.8 Å². The monoisotopic (exact) mass is 216 g/mol. The van der Waals surface area contributed by atoms with Crippen LogP contribution in [0.1, 0.15) is 39.0 Å². The minimum atomic E-state index is 0.150. The molecule has 0 fully saturated rings.